The first-order valence-corrected chi connectivity index (χ1v) is 12.2. The summed E-state index contributed by atoms with van der Waals surface area (Å²) < 4.78 is 17.2. The van der Waals surface area contributed by atoms with Crippen LogP contribution in [-0.2, 0) is 9.53 Å². The van der Waals surface area contributed by atoms with Crippen molar-refractivity contribution in [2.45, 2.75) is 13.8 Å². The van der Waals surface area contributed by atoms with E-state index < -0.39 is 0 Å². The van der Waals surface area contributed by atoms with E-state index in [1.807, 2.05) is 19.1 Å². The van der Waals surface area contributed by atoms with Crippen LogP contribution in [0.4, 0.5) is 5.69 Å². The third-order valence-electron chi connectivity index (χ3n) is 4.58. The summed E-state index contributed by atoms with van der Waals surface area (Å²) in [6.45, 7) is 8.45. The Morgan fingerprint density at radius 3 is 2.56 bits per heavy atom. The van der Waals surface area contributed by atoms with Gasteiger partial charge < -0.3 is 14.2 Å². The highest BCUT2D eigenvalue weighted by Gasteiger charge is 2.30. The molecule has 1 heterocycles. The van der Waals surface area contributed by atoms with Crippen molar-refractivity contribution in [3.8, 4) is 11.5 Å². The first-order chi connectivity index (χ1) is 16.4. The molecule has 1 aliphatic heterocycles. The number of carbonyl (C=O) groups is 2. The summed E-state index contributed by atoms with van der Waals surface area (Å²) in [6.07, 6.45) is 3.45. The number of aliphatic imine (C=N–C) groups is 1. The number of ether oxygens (including phenoxy) is 3. The number of amidine groups is 1. The van der Waals surface area contributed by atoms with Gasteiger partial charge in [0.25, 0.3) is 5.91 Å². The monoisotopic (exact) mass is 544 g/mol. The van der Waals surface area contributed by atoms with E-state index in [0.29, 0.717) is 57.1 Å². The second kappa shape index (κ2) is 11.9. The van der Waals surface area contributed by atoms with Crippen LogP contribution in [0.1, 0.15) is 29.8 Å². The molecule has 2 aromatic rings. The third kappa shape index (κ3) is 6.09. The van der Waals surface area contributed by atoms with E-state index in [1.54, 1.807) is 50.4 Å². The lowest BCUT2D eigenvalue weighted by Crippen LogP contribution is -2.23. The van der Waals surface area contributed by atoms with Gasteiger partial charge in [-0.05, 0) is 89.6 Å². The predicted molar refractivity (Wildman–Crippen MR) is 139 cm³/mol. The molecule has 0 aromatic heterocycles. The molecule has 1 amide bonds. The Morgan fingerprint density at radius 1 is 1.18 bits per heavy atom. The molecule has 2 aromatic carbocycles. The first kappa shape index (κ1) is 25.6. The van der Waals surface area contributed by atoms with E-state index >= 15 is 0 Å². The number of nitrogens with zero attached hydrogens (tertiary/aromatic N) is 2. The van der Waals surface area contributed by atoms with E-state index in [-0.39, 0.29) is 11.9 Å². The van der Waals surface area contributed by atoms with Crippen molar-refractivity contribution >= 4 is 56.5 Å². The number of likely N-dealkylation sites (N-methyl/N-ethyl adjacent to an activating group) is 1. The average molecular weight is 545 g/mol. The van der Waals surface area contributed by atoms with Gasteiger partial charge >= 0.3 is 5.97 Å². The molecule has 0 unspecified atom stereocenters. The molecule has 1 aliphatic rings. The van der Waals surface area contributed by atoms with Crippen LogP contribution in [0.2, 0.25) is 0 Å². The first-order valence-electron chi connectivity index (χ1n) is 10.6. The number of rotatable bonds is 9. The van der Waals surface area contributed by atoms with Gasteiger partial charge in [0.2, 0.25) is 0 Å². The summed E-state index contributed by atoms with van der Waals surface area (Å²) in [5.41, 5.74) is 1.86. The molecule has 0 aliphatic carbocycles. The second-order valence-corrected chi connectivity index (χ2v) is 8.86. The quantitative estimate of drug-likeness (QED) is 0.225. The second-order valence-electron chi connectivity index (χ2n) is 7.00. The van der Waals surface area contributed by atoms with Crippen molar-refractivity contribution in [2.75, 3.05) is 26.9 Å². The third-order valence-corrected chi connectivity index (χ3v) is 6.23. The fourth-order valence-corrected chi connectivity index (χ4v) is 4.58. The fourth-order valence-electron chi connectivity index (χ4n) is 3.02. The Kier molecular flexibility index (Phi) is 8.95. The summed E-state index contributed by atoms with van der Waals surface area (Å²) in [5.74, 6) is 0.616. The largest absolute Gasteiger partial charge is 0.490 e. The van der Waals surface area contributed by atoms with Gasteiger partial charge in [0.15, 0.2) is 16.7 Å². The van der Waals surface area contributed by atoms with Crippen LogP contribution in [0.3, 0.4) is 0 Å². The molecule has 0 bridgehead atoms. The molecular formula is C25H25BrN2O5S. The van der Waals surface area contributed by atoms with Gasteiger partial charge in [0.05, 0.1) is 33.8 Å². The number of thioether (sulfide) groups is 1. The zero-order chi connectivity index (χ0) is 24.7. The number of benzene rings is 2. The van der Waals surface area contributed by atoms with E-state index in [9.17, 15) is 9.59 Å². The normalized spacial score (nSPS) is 15.6. The maximum Gasteiger partial charge on any atom is 0.338 e. The molecule has 7 nitrogen and oxygen atoms in total. The Hall–Kier alpha value is -3.04. The molecular weight excluding hydrogens is 520 g/mol. The number of carbonyl (C=O) groups excluding carboxylic acids is 2. The van der Waals surface area contributed by atoms with Crippen LogP contribution >= 0.6 is 27.7 Å². The summed E-state index contributed by atoms with van der Waals surface area (Å²) in [6, 6.07) is 10.4. The SMILES string of the molecule is C=CCOc1c(Br)cc(/C=C2\SC(=Nc3ccc(C(=O)OCC)cc3)N(C)C2=O)cc1OCC. The Balaban J connectivity index is 1.85. The average Bonchev–Trinajstić information content (AvgIpc) is 3.07. The molecule has 0 saturated carbocycles. The molecule has 178 valence electrons. The van der Waals surface area contributed by atoms with E-state index in [2.05, 4.69) is 27.5 Å². The molecule has 34 heavy (non-hydrogen) atoms. The molecule has 0 atom stereocenters. The number of esters is 1. The van der Waals surface area contributed by atoms with Crippen molar-refractivity contribution in [2.24, 2.45) is 4.99 Å². The molecule has 1 saturated heterocycles. The van der Waals surface area contributed by atoms with Crippen LogP contribution in [0.15, 0.2) is 63.4 Å². The number of amides is 1. The standard InChI is InChI=1S/C25H25BrN2O5S/c1-5-12-33-22-19(26)13-16(14-20(22)31-6-2)15-21-23(29)28(4)25(34-21)27-18-10-8-17(9-11-18)24(30)32-7-3/h5,8-11,13-15H,1,6-7,12H2,2-4H3/b21-15-,27-25?. The number of hydrogen-bond donors (Lipinski definition) is 0. The lowest BCUT2D eigenvalue weighted by atomic mass is 10.2. The highest BCUT2D eigenvalue weighted by atomic mass is 79.9. The van der Waals surface area contributed by atoms with Crippen LogP contribution < -0.4 is 9.47 Å². The molecule has 0 radical (unpaired) electrons. The maximum absolute atomic E-state index is 12.8. The zero-order valence-electron chi connectivity index (χ0n) is 19.2. The topological polar surface area (TPSA) is 77.4 Å². The lowest BCUT2D eigenvalue weighted by molar-refractivity contribution is -0.121. The lowest BCUT2D eigenvalue weighted by Gasteiger charge is -2.13. The van der Waals surface area contributed by atoms with Crippen molar-refractivity contribution in [3.63, 3.8) is 0 Å². The fraction of sp³-hybridized carbons (Fsp3) is 0.240. The number of halogens is 1. The summed E-state index contributed by atoms with van der Waals surface area (Å²) >= 11 is 4.80. The Labute approximate surface area is 211 Å². The van der Waals surface area contributed by atoms with Gasteiger partial charge in [-0.3, -0.25) is 9.69 Å². The predicted octanol–water partition coefficient (Wildman–Crippen LogP) is 5.82. The summed E-state index contributed by atoms with van der Waals surface area (Å²) in [4.78, 5) is 31.3. The summed E-state index contributed by atoms with van der Waals surface area (Å²) in [5, 5.41) is 0.537. The van der Waals surface area contributed by atoms with Gasteiger partial charge in [-0.1, -0.05) is 12.7 Å². The van der Waals surface area contributed by atoms with E-state index in [4.69, 9.17) is 14.2 Å². The van der Waals surface area contributed by atoms with Crippen LogP contribution in [0.5, 0.6) is 11.5 Å². The van der Waals surface area contributed by atoms with Crippen LogP contribution in [0.25, 0.3) is 6.08 Å². The minimum atomic E-state index is -0.382. The highest BCUT2D eigenvalue weighted by molar-refractivity contribution is 9.10. The van der Waals surface area contributed by atoms with Crippen molar-refractivity contribution < 1.29 is 23.8 Å². The molecule has 3 rings (SSSR count). The maximum atomic E-state index is 12.8. The minimum absolute atomic E-state index is 0.159. The van der Waals surface area contributed by atoms with Gasteiger partial charge in [0, 0.05) is 7.05 Å². The van der Waals surface area contributed by atoms with Gasteiger partial charge in [-0.15, -0.1) is 0 Å². The van der Waals surface area contributed by atoms with Crippen molar-refractivity contribution in [1.29, 1.82) is 0 Å². The Bertz CT molecular complexity index is 1140. The van der Waals surface area contributed by atoms with E-state index in [0.717, 1.165) is 5.56 Å². The summed E-state index contributed by atoms with van der Waals surface area (Å²) in [7, 11) is 1.68. The zero-order valence-corrected chi connectivity index (χ0v) is 21.6. The minimum Gasteiger partial charge on any atom is -0.490 e. The molecule has 9 heteroatoms. The van der Waals surface area contributed by atoms with Crippen molar-refractivity contribution in [1.82, 2.24) is 4.90 Å². The smallest absolute Gasteiger partial charge is 0.338 e. The molecule has 0 spiro atoms. The van der Waals surface area contributed by atoms with Crippen molar-refractivity contribution in [3.05, 3.63) is 69.6 Å². The van der Waals surface area contributed by atoms with Gasteiger partial charge in [-0.2, -0.15) is 0 Å². The Morgan fingerprint density at radius 2 is 1.91 bits per heavy atom. The van der Waals surface area contributed by atoms with Gasteiger partial charge in [0.1, 0.15) is 6.61 Å². The molecule has 1 fully saturated rings. The van der Waals surface area contributed by atoms with Gasteiger partial charge in [-0.25, -0.2) is 9.79 Å². The number of hydrogen-bond acceptors (Lipinski definition) is 7. The van der Waals surface area contributed by atoms with E-state index in [1.165, 1.54) is 16.7 Å². The molecule has 0 N–H and O–H groups in total. The van der Waals surface area contributed by atoms with Crippen LogP contribution in [-0.4, -0.2) is 48.8 Å². The highest BCUT2D eigenvalue weighted by Crippen LogP contribution is 2.39. The van der Waals surface area contributed by atoms with Crippen LogP contribution in [0, 0.1) is 0 Å².